The number of tetrazole rings is 1. The number of aromatic nitrogens is 8. The largest absolute Gasteiger partial charge is 0.487 e. The summed E-state index contributed by atoms with van der Waals surface area (Å²) in [5.41, 5.74) is 2.72. The Morgan fingerprint density at radius 1 is 1.07 bits per heavy atom. The van der Waals surface area contributed by atoms with E-state index in [0.717, 1.165) is 63.1 Å². The first-order valence-corrected chi connectivity index (χ1v) is 15.6. The summed E-state index contributed by atoms with van der Waals surface area (Å²) in [7, 11) is 1.64. The van der Waals surface area contributed by atoms with Crippen molar-refractivity contribution in [3.8, 4) is 28.8 Å². The van der Waals surface area contributed by atoms with Crippen LogP contribution in [0, 0.1) is 11.3 Å². The minimum atomic E-state index is -0.269. The molecule has 3 aromatic heterocycles. The van der Waals surface area contributed by atoms with Gasteiger partial charge in [-0.3, -0.25) is 9.58 Å². The van der Waals surface area contributed by atoms with E-state index in [-0.39, 0.29) is 6.10 Å². The number of ether oxygens (including phenoxy) is 4. The van der Waals surface area contributed by atoms with Crippen molar-refractivity contribution in [1.82, 2.24) is 44.9 Å². The van der Waals surface area contributed by atoms with Crippen LogP contribution in [-0.4, -0.2) is 104 Å². The first-order valence-electron chi connectivity index (χ1n) is 15.6. The zero-order chi connectivity index (χ0) is 31.7. The Labute approximate surface area is 267 Å². The second-order valence-electron chi connectivity index (χ2n) is 11.5. The van der Waals surface area contributed by atoms with Gasteiger partial charge in [0.15, 0.2) is 0 Å². The van der Waals surface area contributed by atoms with E-state index in [2.05, 4.69) is 41.8 Å². The molecule has 15 nitrogen and oxygen atoms in total. The van der Waals surface area contributed by atoms with Gasteiger partial charge in [0.25, 0.3) is 5.88 Å². The van der Waals surface area contributed by atoms with Crippen molar-refractivity contribution in [3.63, 3.8) is 0 Å². The predicted octanol–water partition coefficient (Wildman–Crippen LogP) is 3.25. The maximum absolute atomic E-state index is 9.64. The van der Waals surface area contributed by atoms with E-state index >= 15 is 0 Å². The van der Waals surface area contributed by atoms with Gasteiger partial charge in [0.1, 0.15) is 36.5 Å². The summed E-state index contributed by atoms with van der Waals surface area (Å²) in [5, 5.41) is 28.9. The minimum absolute atomic E-state index is 0.269. The van der Waals surface area contributed by atoms with Gasteiger partial charge in [-0.2, -0.15) is 5.26 Å². The number of nitriles is 1. The Kier molecular flexibility index (Phi) is 10.3. The van der Waals surface area contributed by atoms with Crippen molar-refractivity contribution < 1.29 is 18.9 Å². The lowest BCUT2D eigenvalue weighted by atomic mass is 9.90. The van der Waals surface area contributed by atoms with Crippen molar-refractivity contribution >= 4 is 11.6 Å². The van der Waals surface area contributed by atoms with Crippen LogP contribution in [0.3, 0.4) is 0 Å². The van der Waals surface area contributed by atoms with Crippen LogP contribution in [-0.2, 0) is 16.0 Å². The number of nitrogens with zero attached hydrogens (tertiary/aromatic N) is 10. The maximum Gasteiger partial charge on any atom is 0.257 e. The van der Waals surface area contributed by atoms with Crippen LogP contribution in [0.25, 0.3) is 11.1 Å². The molecule has 1 N–H and O–H groups in total. The highest BCUT2D eigenvalue weighted by atomic mass is 16.5. The second-order valence-corrected chi connectivity index (χ2v) is 11.5. The van der Waals surface area contributed by atoms with Gasteiger partial charge in [0.05, 0.1) is 44.2 Å². The summed E-state index contributed by atoms with van der Waals surface area (Å²) in [6.07, 6.45) is 11.1. The Balaban J connectivity index is 1.13. The molecule has 1 saturated heterocycles. The van der Waals surface area contributed by atoms with Gasteiger partial charge >= 0.3 is 0 Å². The number of benzene rings is 1. The maximum atomic E-state index is 9.64. The monoisotopic (exact) mass is 629 g/mol. The topological polar surface area (TPSA) is 163 Å². The molecule has 0 bridgehead atoms. The molecule has 4 heterocycles. The van der Waals surface area contributed by atoms with Crippen LogP contribution < -0.4 is 14.8 Å². The Bertz CT molecular complexity index is 1570. The van der Waals surface area contributed by atoms with Crippen molar-refractivity contribution in [2.75, 3.05) is 51.9 Å². The SMILES string of the molecule is COCCOc1nn([C@H]2CC[C@H](N3CCOCC3)CC2)cc1Nc1ncc(-c2ccc(C#N)c(O[C@@H](C)Cn3cnnn3)c2)cn1. The Morgan fingerprint density at radius 3 is 2.57 bits per heavy atom. The van der Waals surface area contributed by atoms with Crippen LogP contribution in [0.15, 0.2) is 43.1 Å². The van der Waals surface area contributed by atoms with Crippen molar-refractivity contribution in [1.29, 1.82) is 5.26 Å². The van der Waals surface area contributed by atoms with E-state index < -0.39 is 0 Å². The zero-order valence-electron chi connectivity index (χ0n) is 26.2. The highest BCUT2D eigenvalue weighted by Gasteiger charge is 2.29. The van der Waals surface area contributed by atoms with Crippen LogP contribution in [0.1, 0.15) is 44.2 Å². The van der Waals surface area contributed by atoms with E-state index in [1.807, 2.05) is 29.9 Å². The summed E-state index contributed by atoms with van der Waals surface area (Å²) < 4.78 is 26.4. The average Bonchev–Trinajstić information content (AvgIpc) is 3.75. The van der Waals surface area contributed by atoms with Gasteiger partial charge < -0.3 is 24.3 Å². The molecule has 1 aliphatic carbocycles. The van der Waals surface area contributed by atoms with E-state index in [1.54, 1.807) is 30.3 Å². The van der Waals surface area contributed by atoms with Gasteiger partial charge in [0.2, 0.25) is 5.95 Å². The number of methoxy groups -OCH3 is 1. The smallest absolute Gasteiger partial charge is 0.257 e. The van der Waals surface area contributed by atoms with Crippen molar-refractivity contribution in [3.05, 3.63) is 48.7 Å². The molecule has 242 valence electrons. The zero-order valence-corrected chi connectivity index (χ0v) is 26.2. The number of morpholine rings is 1. The molecule has 1 atom stereocenters. The fraction of sp³-hybridized carbons (Fsp3) is 0.516. The highest BCUT2D eigenvalue weighted by Crippen LogP contribution is 2.35. The third-order valence-electron chi connectivity index (χ3n) is 8.32. The fourth-order valence-electron chi connectivity index (χ4n) is 5.94. The molecule has 0 radical (unpaired) electrons. The first-order chi connectivity index (χ1) is 22.6. The van der Waals surface area contributed by atoms with Gasteiger partial charge in [-0.05, 0) is 60.7 Å². The molecule has 1 aliphatic heterocycles. The Morgan fingerprint density at radius 2 is 1.85 bits per heavy atom. The van der Waals surface area contributed by atoms with Crippen LogP contribution in [0.2, 0.25) is 0 Å². The van der Waals surface area contributed by atoms with Crippen LogP contribution in [0.5, 0.6) is 11.6 Å². The number of nitrogens with one attached hydrogen (secondary N) is 1. The molecule has 1 aromatic carbocycles. The molecule has 46 heavy (non-hydrogen) atoms. The van der Waals surface area contributed by atoms with Gasteiger partial charge in [0, 0.05) is 44.2 Å². The molecular formula is C31H39N11O4. The molecule has 0 unspecified atom stereocenters. The lowest BCUT2D eigenvalue weighted by Crippen LogP contribution is -2.45. The van der Waals surface area contributed by atoms with E-state index in [9.17, 15) is 5.26 Å². The van der Waals surface area contributed by atoms with E-state index in [4.69, 9.17) is 24.0 Å². The molecule has 0 spiro atoms. The number of hydrogen-bond acceptors (Lipinski definition) is 13. The van der Waals surface area contributed by atoms with Gasteiger partial charge in [-0.1, -0.05) is 6.07 Å². The quantitative estimate of drug-likeness (QED) is 0.215. The fourth-order valence-corrected chi connectivity index (χ4v) is 5.94. The molecule has 4 aromatic rings. The number of anilines is 2. The van der Waals surface area contributed by atoms with Crippen molar-refractivity contribution in [2.24, 2.45) is 0 Å². The summed E-state index contributed by atoms with van der Waals surface area (Å²) in [5.74, 6) is 1.37. The third-order valence-corrected chi connectivity index (χ3v) is 8.32. The van der Waals surface area contributed by atoms with Crippen LogP contribution in [0.4, 0.5) is 11.6 Å². The second kappa shape index (κ2) is 15.1. The Hall–Kier alpha value is -4.65. The van der Waals surface area contributed by atoms with E-state index in [1.165, 1.54) is 6.33 Å². The summed E-state index contributed by atoms with van der Waals surface area (Å²) in [6, 6.07) is 8.50. The molecule has 0 amide bonds. The molecule has 2 fully saturated rings. The van der Waals surface area contributed by atoms with E-state index in [0.29, 0.717) is 60.7 Å². The van der Waals surface area contributed by atoms with Crippen LogP contribution >= 0.6 is 0 Å². The first kappa shape index (κ1) is 31.3. The predicted molar refractivity (Wildman–Crippen MR) is 167 cm³/mol. The molecule has 1 saturated carbocycles. The standard InChI is InChI=1S/C31H39N11O4/c1-22(19-41-21-35-38-39-41)46-29-15-23(3-4-24(29)16-32)25-17-33-31(34-18-25)36-28-20-42(37-30(28)45-14-13-43-2)27-7-5-26(6-8-27)40-9-11-44-12-10-40/h3-4,15,17-18,20-22,26-27H,5-14,19H2,1-2H3,(H,33,34,36)/t22-,26-,27-/m0/s1. The summed E-state index contributed by atoms with van der Waals surface area (Å²) in [4.78, 5) is 11.7. The highest BCUT2D eigenvalue weighted by molar-refractivity contribution is 5.67. The molecule has 15 heteroatoms. The lowest BCUT2D eigenvalue weighted by Gasteiger charge is -2.38. The number of rotatable bonds is 13. The van der Waals surface area contributed by atoms with Gasteiger partial charge in [-0.25, -0.2) is 14.6 Å². The third kappa shape index (κ3) is 7.76. The van der Waals surface area contributed by atoms with Crippen molar-refractivity contribution in [2.45, 2.75) is 57.3 Å². The molecular weight excluding hydrogens is 590 g/mol. The number of hydrogen-bond donors (Lipinski definition) is 1. The normalized spacial score (nSPS) is 19.3. The molecule has 2 aliphatic rings. The summed E-state index contributed by atoms with van der Waals surface area (Å²) >= 11 is 0. The lowest BCUT2D eigenvalue weighted by molar-refractivity contribution is 0.00502. The average molecular weight is 630 g/mol. The minimum Gasteiger partial charge on any atom is -0.487 e. The van der Waals surface area contributed by atoms with Gasteiger partial charge in [-0.15, -0.1) is 10.2 Å². The molecule has 6 rings (SSSR count). The summed E-state index contributed by atoms with van der Waals surface area (Å²) in [6.45, 7) is 6.85.